The van der Waals surface area contributed by atoms with Gasteiger partial charge in [-0.1, -0.05) is 6.07 Å². The van der Waals surface area contributed by atoms with Crippen LogP contribution in [0.3, 0.4) is 0 Å². The third-order valence-corrected chi connectivity index (χ3v) is 4.42. The Hall–Kier alpha value is -2.86. The number of nitrogens with zero attached hydrogens (tertiary/aromatic N) is 4. The number of fused-ring (bicyclic) bond motifs is 1. The molecule has 6 heteroatoms. The summed E-state index contributed by atoms with van der Waals surface area (Å²) in [6.07, 6.45) is 8.97. The van der Waals surface area contributed by atoms with Crippen molar-refractivity contribution in [2.24, 2.45) is 0 Å². The van der Waals surface area contributed by atoms with Crippen molar-refractivity contribution in [1.82, 2.24) is 19.2 Å². The van der Waals surface area contributed by atoms with Crippen molar-refractivity contribution in [2.75, 3.05) is 26.2 Å². The van der Waals surface area contributed by atoms with Gasteiger partial charge in [0.05, 0.1) is 12.0 Å². The molecule has 1 aliphatic heterocycles. The van der Waals surface area contributed by atoms with Crippen LogP contribution >= 0.6 is 0 Å². The highest BCUT2D eigenvalue weighted by Crippen LogP contribution is 2.11. The second-order valence-corrected chi connectivity index (χ2v) is 6.15. The average Bonchev–Trinajstić information content (AvgIpc) is 3.29. The molecule has 4 heterocycles. The molecule has 4 rings (SSSR count). The summed E-state index contributed by atoms with van der Waals surface area (Å²) in [5.41, 5.74) is 2.03. The molecule has 1 saturated heterocycles. The lowest BCUT2D eigenvalue weighted by molar-refractivity contribution is -0.127. The molecule has 1 aliphatic rings. The first-order chi connectivity index (χ1) is 12.3. The fourth-order valence-electron chi connectivity index (χ4n) is 3.06. The highest BCUT2D eigenvalue weighted by Gasteiger charge is 2.20. The van der Waals surface area contributed by atoms with E-state index in [0.717, 1.165) is 44.1 Å². The number of imidazole rings is 1. The van der Waals surface area contributed by atoms with Crippen LogP contribution in [-0.2, 0) is 11.3 Å². The molecule has 25 heavy (non-hydrogen) atoms. The van der Waals surface area contributed by atoms with Crippen LogP contribution in [0.4, 0.5) is 0 Å². The van der Waals surface area contributed by atoms with E-state index in [1.54, 1.807) is 18.4 Å². The highest BCUT2D eigenvalue weighted by atomic mass is 16.3. The van der Waals surface area contributed by atoms with Crippen LogP contribution in [0.2, 0.25) is 0 Å². The summed E-state index contributed by atoms with van der Waals surface area (Å²) in [6, 6.07) is 9.64. The van der Waals surface area contributed by atoms with Crippen molar-refractivity contribution >= 4 is 17.6 Å². The van der Waals surface area contributed by atoms with E-state index in [2.05, 4.69) is 16.1 Å². The Morgan fingerprint density at radius 3 is 2.80 bits per heavy atom. The van der Waals surface area contributed by atoms with E-state index in [-0.39, 0.29) is 5.91 Å². The van der Waals surface area contributed by atoms with Crippen LogP contribution in [-0.4, -0.2) is 51.3 Å². The van der Waals surface area contributed by atoms with Gasteiger partial charge in [-0.15, -0.1) is 0 Å². The zero-order valence-corrected chi connectivity index (χ0v) is 13.9. The smallest absolute Gasteiger partial charge is 0.246 e. The van der Waals surface area contributed by atoms with E-state index in [1.807, 2.05) is 45.8 Å². The predicted molar refractivity (Wildman–Crippen MR) is 94.8 cm³/mol. The number of furan rings is 1. The first-order valence-electron chi connectivity index (χ1n) is 8.43. The number of rotatable bonds is 4. The molecule has 3 aromatic heterocycles. The molecule has 0 aliphatic carbocycles. The Bertz CT molecular complexity index is 841. The number of carbonyl (C=O) groups is 1. The van der Waals surface area contributed by atoms with Gasteiger partial charge in [-0.25, -0.2) is 4.98 Å². The Kier molecular flexibility index (Phi) is 4.35. The molecule has 6 nitrogen and oxygen atoms in total. The van der Waals surface area contributed by atoms with Crippen molar-refractivity contribution in [1.29, 1.82) is 0 Å². The van der Waals surface area contributed by atoms with Crippen molar-refractivity contribution in [3.63, 3.8) is 0 Å². The second-order valence-electron chi connectivity index (χ2n) is 6.15. The van der Waals surface area contributed by atoms with E-state index in [0.29, 0.717) is 5.76 Å². The molecule has 1 fully saturated rings. The van der Waals surface area contributed by atoms with Crippen LogP contribution in [0.25, 0.3) is 11.7 Å². The van der Waals surface area contributed by atoms with Crippen LogP contribution in [0.5, 0.6) is 0 Å². The van der Waals surface area contributed by atoms with Gasteiger partial charge in [0.25, 0.3) is 0 Å². The van der Waals surface area contributed by atoms with Gasteiger partial charge in [0.15, 0.2) is 0 Å². The summed E-state index contributed by atoms with van der Waals surface area (Å²) in [7, 11) is 0. The van der Waals surface area contributed by atoms with Gasteiger partial charge in [0.2, 0.25) is 5.91 Å². The fraction of sp³-hybridized carbons (Fsp3) is 0.263. The lowest BCUT2D eigenvalue weighted by Crippen LogP contribution is -2.47. The number of carbonyl (C=O) groups excluding carboxylic acids is 1. The summed E-state index contributed by atoms with van der Waals surface area (Å²) in [4.78, 5) is 21.1. The first-order valence-corrected chi connectivity index (χ1v) is 8.43. The van der Waals surface area contributed by atoms with Gasteiger partial charge in [0.1, 0.15) is 11.4 Å². The summed E-state index contributed by atoms with van der Waals surface area (Å²) >= 11 is 0. The summed E-state index contributed by atoms with van der Waals surface area (Å²) < 4.78 is 7.24. The lowest BCUT2D eigenvalue weighted by atomic mass is 10.2. The number of amides is 1. The zero-order valence-electron chi connectivity index (χ0n) is 13.9. The average molecular weight is 336 g/mol. The molecule has 128 valence electrons. The maximum atomic E-state index is 12.2. The second kappa shape index (κ2) is 6.94. The van der Waals surface area contributed by atoms with Crippen molar-refractivity contribution in [2.45, 2.75) is 6.54 Å². The van der Waals surface area contributed by atoms with E-state index >= 15 is 0 Å². The summed E-state index contributed by atoms with van der Waals surface area (Å²) in [6.45, 7) is 3.98. The minimum absolute atomic E-state index is 0.0313. The Balaban J connectivity index is 1.31. The van der Waals surface area contributed by atoms with E-state index in [9.17, 15) is 4.79 Å². The van der Waals surface area contributed by atoms with Crippen LogP contribution < -0.4 is 0 Å². The van der Waals surface area contributed by atoms with Crippen LogP contribution in [0.15, 0.2) is 59.5 Å². The monoisotopic (exact) mass is 336 g/mol. The molecule has 1 amide bonds. The maximum absolute atomic E-state index is 12.2. The topological polar surface area (TPSA) is 54.0 Å². The third kappa shape index (κ3) is 3.64. The molecule has 0 saturated carbocycles. The molecule has 0 aromatic carbocycles. The Morgan fingerprint density at radius 1 is 1.16 bits per heavy atom. The van der Waals surface area contributed by atoms with Gasteiger partial charge in [-0.3, -0.25) is 9.69 Å². The molecule has 0 N–H and O–H groups in total. The standard InChI is InChI=1S/C19H20N4O2/c24-19(7-6-17-4-3-13-25-17)22-11-9-21(10-12-22)14-16-15-23-8-2-1-5-18(23)20-16/h1-8,13,15H,9-12,14H2/b7-6+. The van der Waals surface area contributed by atoms with Crippen LogP contribution in [0, 0.1) is 0 Å². The first kappa shape index (κ1) is 15.7. The number of pyridine rings is 1. The van der Waals surface area contributed by atoms with Gasteiger partial charge in [-0.2, -0.15) is 0 Å². The Labute approximate surface area is 146 Å². The normalized spacial score (nSPS) is 16.1. The van der Waals surface area contributed by atoms with Crippen molar-refractivity contribution in [3.8, 4) is 0 Å². The largest absolute Gasteiger partial charge is 0.465 e. The molecule has 0 unspecified atom stereocenters. The highest BCUT2D eigenvalue weighted by molar-refractivity contribution is 5.91. The number of hydrogen-bond acceptors (Lipinski definition) is 4. The molecule has 0 atom stereocenters. The molecular formula is C19H20N4O2. The van der Waals surface area contributed by atoms with E-state index < -0.39 is 0 Å². The molecule has 3 aromatic rings. The lowest BCUT2D eigenvalue weighted by Gasteiger charge is -2.33. The van der Waals surface area contributed by atoms with Gasteiger partial charge in [0, 0.05) is 51.2 Å². The van der Waals surface area contributed by atoms with Gasteiger partial charge >= 0.3 is 0 Å². The van der Waals surface area contributed by atoms with Crippen molar-refractivity contribution in [3.05, 3.63) is 66.5 Å². The zero-order chi connectivity index (χ0) is 17.1. The maximum Gasteiger partial charge on any atom is 0.246 e. The molecule has 0 radical (unpaired) electrons. The quantitative estimate of drug-likeness (QED) is 0.686. The van der Waals surface area contributed by atoms with E-state index in [4.69, 9.17) is 4.42 Å². The number of piperazine rings is 1. The van der Waals surface area contributed by atoms with Crippen molar-refractivity contribution < 1.29 is 9.21 Å². The molecule has 0 bridgehead atoms. The molecular weight excluding hydrogens is 316 g/mol. The fourth-order valence-corrected chi connectivity index (χ4v) is 3.06. The van der Waals surface area contributed by atoms with Gasteiger partial charge < -0.3 is 13.7 Å². The summed E-state index contributed by atoms with van der Waals surface area (Å²) in [5.74, 6) is 0.725. The minimum Gasteiger partial charge on any atom is -0.465 e. The minimum atomic E-state index is 0.0313. The predicted octanol–water partition coefficient (Wildman–Crippen LogP) is 2.28. The number of hydrogen-bond donors (Lipinski definition) is 0. The molecule has 0 spiro atoms. The third-order valence-electron chi connectivity index (χ3n) is 4.42. The van der Waals surface area contributed by atoms with Gasteiger partial charge in [-0.05, 0) is 30.3 Å². The SMILES string of the molecule is O=C(/C=C/c1ccco1)N1CCN(Cc2cn3ccccc3n2)CC1. The summed E-state index contributed by atoms with van der Waals surface area (Å²) in [5, 5.41) is 0. The van der Waals surface area contributed by atoms with Crippen LogP contribution in [0.1, 0.15) is 11.5 Å². The number of aromatic nitrogens is 2. The van der Waals surface area contributed by atoms with E-state index in [1.165, 1.54) is 0 Å². The Morgan fingerprint density at radius 2 is 2.04 bits per heavy atom.